The quantitative estimate of drug-likeness (QED) is 0.783. The van der Waals surface area contributed by atoms with Crippen molar-refractivity contribution in [2.75, 3.05) is 18.2 Å². The van der Waals surface area contributed by atoms with E-state index in [1.807, 2.05) is 12.5 Å². The molecule has 1 aromatic rings. The van der Waals surface area contributed by atoms with Gasteiger partial charge in [0.2, 0.25) is 0 Å². The summed E-state index contributed by atoms with van der Waals surface area (Å²) in [6.45, 7) is 0. The zero-order valence-corrected chi connectivity index (χ0v) is 9.74. The summed E-state index contributed by atoms with van der Waals surface area (Å²) in [6, 6.07) is 0. The van der Waals surface area contributed by atoms with Crippen LogP contribution in [0.3, 0.4) is 0 Å². The van der Waals surface area contributed by atoms with E-state index >= 15 is 0 Å². The van der Waals surface area contributed by atoms with E-state index in [-0.39, 0.29) is 0 Å². The molecule has 0 bridgehead atoms. The molecule has 0 aliphatic carbocycles. The molecule has 0 radical (unpaired) electrons. The first kappa shape index (κ1) is 10.7. The Morgan fingerprint density at radius 1 is 1.38 bits per heavy atom. The fourth-order valence-electron chi connectivity index (χ4n) is 0.918. The number of thioether (sulfide) groups is 2. The maximum absolute atomic E-state index is 11.0. The van der Waals surface area contributed by atoms with E-state index in [9.17, 15) is 4.79 Å². The molecule has 4 N–H and O–H groups in total. The maximum atomic E-state index is 11.0. The summed E-state index contributed by atoms with van der Waals surface area (Å²) in [5, 5.41) is 0. The molecule has 72 valence electrons. The molecular weight excluding hydrogens is 224 g/mol. The molecule has 0 aliphatic rings. The number of nitrogens with two attached hydrogens (primary N) is 2. The molecule has 1 amide bonds. The third-order valence-electron chi connectivity index (χ3n) is 1.48. The van der Waals surface area contributed by atoms with E-state index in [1.165, 1.54) is 11.3 Å². The highest BCUT2D eigenvalue weighted by Gasteiger charge is 2.17. The Morgan fingerprint density at radius 2 is 2.00 bits per heavy atom. The summed E-state index contributed by atoms with van der Waals surface area (Å²) in [7, 11) is 0. The molecule has 0 spiro atoms. The first-order chi connectivity index (χ1) is 6.11. The van der Waals surface area contributed by atoms with Gasteiger partial charge in [0.05, 0.1) is 14.8 Å². The Balaban J connectivity index is 3.26. The predicted molar refractivity (Wildman–Crippen MR) is 60.8 cm³/mol. The van der Waals surface area contributed by atoms with Crippen LogP contribution >= 0.6 is 34.9 Å². The topological polar surface area (TPSA) is 69.1 Å². The molecule has 3 nitrogen and oxygen atoms in total. The molecule has 0 saturated carbocycles. The lowest BCUT2D eigenvalue weighted by Crippen LogP contribution is -2.10. The molecule has 0 atom stereocenters. The van der Waals surface area contributed by atoms with Crippen LogP contribution in [0.5, 0.6) is 0 Å². The minimum atomic E-state index is -0.446. The number of primary amides is 1. The van der Waals surface area contributed by atoms with Crippen molar-refractivity contribution in [3.63, 3.8) is 0 Å². The average molecular weight is 234 g/mol. The molecule has 0 aromatic carbocycles. The van der Waals surface area contributed by atoms with Crippen molar-refractivity contribution < 1.29 is 4.79 Å². The summed E-state index contributed by atoms with van der Waals surface area (Å²) in [5.41, 5.74) is 11.5. The lowest BCUT2D eigenvalue weighted by atomic mass is 10.4. The van der Waals surface area contributed by atoms with Crippen LogP contribution in [0.25, 0.3) is 0 Å². The van der Waals surface area contributed by atoms with Crippen molar-refractivity contribution in [2.24, 2.45) is 5.73 Å². The van der Waals surface area contributed by atoms with Crippen LogP contribution in [0, 0.1) is 0 Å². The van der Waals surface area contributed by atoms with E-state index in [0.717, 1.165) is 9.10 Å². The summed E-state index contributed by atoms with van der Waals surface area (Å²) < 4.78 is 1.05. The Bertz CT molecular complexity index is 335. The summed E-state index contributed by atoms with van der Waals surface area (Å²) in [6.07, 6.45) is 3.89. The fraction of sp³-hybridized carbons (Fsp3) is 0.286. The van der Waals surface area contributed by atoms with Gasteiger partial charge in [0.1, 0.15) is 4.88 Å². The van der Waals surface area contributed by atoms with Gasteiger partial charge in [-0.05, 0) is 12.5 Å². The first-order valence-corrected chi connectivity index (χ1v) is 6.68. The number of anilines is 1. The van der Waals surface area contributed by atoms with Gasteiger partial charge in [0.15, 0.2) is 0 Å². The number of amides is 1. The Labute approximate surface area is 89.3 Å². The van der Waals surface area contributed by atoms with Crippen LogP contribution in [0.4, 0.5) is 5.69 Å². The largest absolute Gasteiger partial charge is 0.396 e. The Hall–Kier alpha value is -0.330. The Kier molecular flexibility index (Phi) is 3.52. The molecule has 1 rings (SSSR count). The zero-order chi connectivity index (χ0) is 10.0. The SMILES string of the molecule is CSc1sc(C(N)=O)c(N)c1SC. The van der Waals surface area contributed by atoms with Gasteiger partial charge in [-0.1, -0.05) is 0 Å². The average Bonchev–Trinajstić information content (AvgIpc) is 2.41. The van der Waals surface area contributed by atoms with Crippen molar-refractivity contribution in [2.45, 2.75) is 9.10 Å². The van der Waals surface area contributed by atoms with Crippen molar-refractivity contribution in [3.8, 4) is 0 Å². The second-order valence-electron chi connectivity index (χ2n) is 2.23. The number of rotatable bonds is 3. The van der Waals surface area contributed by atoms with Gasteiger partial charge in [-0.3, -0.25) is 4.79 Å². The second-order valence-corrected chi connectivity index (χ2v) is 5.15. The fourth-order valence-corrected chi connectivity index (χ4v) is 3.93. The number of hydrogen-bond acceptors (Lipinski definition) is 5. The van der Waals surface area contributed by atoms with Gasteiger partial charge >= 0.3 is 0 Å². The van der Waals surface area contributed by atoms with E-state index in [1.54, 1.807) is 23.5 Å². The van der Waals surface area contributed by atoms with Crippen molar-refractivity contribution in [1.82, 2.24) is 0 Å². The molecule has 0 fully saturated rings. The third kappa shape index (κ3) is 1.95. The van der Waals surface area contributed by atoms with Crippen molar-refractivity contribution in [3.05, 3.63) is 4.88 Å². The van der Waals surface area contributed by atoms with E-state index in [0.29, 0.717) is 10.6 Å². The summed E-state index contributed by atoms with van der Waals surface area (Å²) in [5.74, 6) is -0.446. The lowest BCUT2D eigenvalue weighted by Gasteiger charge is -1.96. The number of hydrogen-bond donors (Lipinski definition) is 2. The van der Waals surface area contributed by atoms with Crippen LogP contribution in [-0.4, -0.2) is 18.4 Å². The highest BCUT2D eigenvalue weighted by atomic mass is 32.2. The minimum Gasteiger partial charge on any atom is -0.396 e. The van der Waals surface area contributed by atoms with Gasteiger partial charge in [-0.25, -0.2) is 0 Å². The predicted octanol–water partition coefficient (Wildman–Crippen LogP) is 1.87. The first-order valence-electron chi connectivity index (χ1n) is 3.41. The number of carbonyl (C=O) groups excluding carboxylic acids is 1. The van der Waals surface area contributed by atoms with E-state index < -0.39 is 5.91 Å². The highest BCUT2D eigenvalue weighted by molar-refractivity contribution is 8.03. The van der Waals surface area contributed by atoms with Crippen molar-refractivity contribution in [1.29, 1.82) is 0 Å². The number of carbonyl (C=O) groups is 1. The van der Waals surface area contributed by atoms with Gasteiger partial charge < -0.3 is 11.5 Å². The molecule has 1 aromatic heterocycles. The van der Waals surface area contributed by atoms with Gasteiger partial charge in [0.25, 0.3) is 5.91 Å². The lowest BCUT2D eigenvalue weighted by molar-refractivity contribution is 0.100. The standard InChI is InChI=1S/C7H10N2OS3/c1-11-5-3(8)4(6(9)10)13-7(5)12-2/h8H2,1-2H3,(H2,9,10). The van der Waals surface area contributed by atoms with E-state index in [4.69, 9.17) is 11.5 Å². The molecule has 1 heterocycles. The van der Waals surface area contributed by atoms with Crippen LogP contribution in [-0.2, 0) is 0 Å². The molecule has 0 saturated heterocycles. The van der Waals surface area contributed by atoms with Crippen LogP contribution < -0.4 is 11.5 Å². The maximum Gasteiger partial charge on any atom is 0.260 e. The van der Waals surface area contributed by atoms with Crippen LogP contribution in [0.1, 0.15) is 9.67 Å². The smallest absolute Gasteiger partial charge is 0.260 e. The molecular formula is C7H10N2OS3. The van der Waals surface area contributed by atoms with E-state index in [2.05, 4.69) is 0 Å². The van der Waals surface area contributed by atoms with Crippen molar-refractivity contribution >= 4 is 46.5 Å². The molecule has 0 aliphatic heterocycles. The second kappa shape index (κ2) is 4.26. The minimum absolute atomic E-state index is 0.446. The molecule has 0 unspecified atom stereocenters. The van der Waals surface area contributed by atoms with Crippen LogP contribution in [0.2, 0.25) is 0 Å². The number of nitrogen functional groups attached to an aromatic ring is 1. The Morgan fingerprint density at radius 3 is 2.31 bits per heavy atom. The highest BCUT2D eigenvalue weighted by Crippen LogP contribution is 2.42. The number of thiophene rings is 1. The van der Waals surface area contributed by atoms with Gasteiger partial charge in [-0.15, -0.1) is 34.9 Å². The normalized spacial score (nSPS) is 10.3. The van der Waals surface area contributed by atoms with Gasteiger partial charge in [-0.2, -0.15) is 0 Å². The summed E-state index contributed by atoms with van der Waals surface area (Å²) in [4.78, 5) is 12.4. The monoisotopic (exact) mass is 234 g/mol. The third-order valence-corrected chi connectivity index (χ3v) is 4.91. The van der Waals surface area contributed by atoms with Gasteiger partial charge in [0, 0.05) is 0 Å². The summed E-state index contributed by atoms with van der Waals surface area (Å²) >= 11 is 4.49. The molecule has 13 heavy (non-hydrogen) atoms. The van der Waals surface area contributed by atoms with Crippen LogP contribution in [0.15, 0.2) is 9.10 Å². The zero-order valence-electron chi connectivity index (χ0n) is 7.29. The molecule has 6 heteroatoms.